The summed E-state index contributed by atoms with van der Waals surface area (Å²) in [5, 5.41) is 6.57. The van der Waals surface area contributed by atoms with Crippen molar-refractivity contribution in [2.24, 2.45) is 0 Å². The van der Waals surface area contributed by atoms with Crippen molar-refractivity contribution in [2.45, 2.75) is 18.6 Å². The summed E-state index contributed by atoms with van der Waals surface area (Å²) >= 11 is 5.94. The van der Waals surface area contributed by atoms with Crippen molar-refractivity contribution in [3.05, 3.63) is 22.7 Å². The van der Waals surface area contributed by atoms with E-state index in [1.54, 1.807) is 13.2 Å². The highest BCUT2D eigenvalue weighted by atomic mass is 35.5. The second-order valence-electron chi connectivity index (χ2n) is 4.92. The minimum atomic E-state index is -0.246. The molecule has 1 aromatic rings. The van der Waals surface area contributed by atoms with Gasteiger partial charge in [0.05, 0.1) is 35.5 Å². The van der Waals surface area contributed by atoms with Crippen molar-refractivity contribution in [2.75, 3.05) is 33.0 Å². The Kier molecular flexibility index (Phi) is 5.27. The van der Waals surface area contributed by atoms with Crippen LogP contribution >= 0.6 is 11.6 Å². The number of hydrogen-bond donors (Lipinski definition) is 3. The number of nitrogen functional groups attached to an aromatic ring is 1. The molecule has 1 fully saturated rings. The average molecular weight is 314 g/mol. The minimum absolute atomic E-state index is 0.0506. The van der Waals surface area contributed by atoms with Crippen molar-refractivity contribution >= 4 is 23.2 Å². The van der Waals surface area contributed by atoms with Gasteiger partial charge in [-0.1, -0.05) is 11.6 Å². The third-order valence-corrected chi connectivity index (χ3v) is 3.94. The number of piperidine rings is 1. The predicted octanol–water partition coefficient (Wildman–Crippen LogP) is 1.04. The van der Waals surface area contributed by atoms with Gasteiger partial charge in [-0.05, 0) is 19.0 Å². The van der Waals surface area contributed by atoms with Gasteiger partial charge < -0.3 is 25.8 Å². The summed E-state index contributed by atoms with van der Waals surface area (Å²) in [7, 11) is 3.12. The summed E-state index contributed by atoms with van der Waals surface area (Å²) < 4.78 is 10.6. The van der Waals surface area contributed by atoms with Gasteiger partial charge in [0.2, 0.25) is 0 Å². The summed E-state index contributed by atoms with van der Waals surface area (Å²) in [5.41, 5.74) is 6.48. The molecule has 116 valence electrons. The van der Waals surface area contributed by atoms with Crippen molar-refractivity contribution in [3.63, 3.8) is 0 Å². The molecular formula is C14H20ClN3O3. The number of methoxy groups -OCH3 is 2. The summed E-state index contributed by atoms with van der Waals surface area (Å²) in [6.45, 7) is 1.55. The monoisotopic (exact) mass is 313 g/mol. The number of benzene rings is 1. The first-order valence-corrected chi connectivity index (χ1v) is 7.12. The standard InChI is InChI=1S/C14H20ClN3O3/c1-20-12-6-9(15)10(16)5-8(12)14(19)18-11-3-4-17-7-13(11)21-2/h5-6,11,13,17H,3-4,7,16H2,1-2H3,(H,18,19)/t11-,13+/m1/s1. The highest BCUT2D eigenvalue weighted by molar-refractivity contribution is 6.33. The lowest BCUT2D eigenvalue weighted by Crippen LogP contribution is -2.53. The molecule has 4 N–H and O–H groups in total. The number of carbonyl (C=O) groups excluding carboxylic acids is 1. The molecule has 6 nitrogen and oxygen atoms in total. The van der Waals surface area contributed by atoms with Gasteiger partial charge in [-0.15, -0.1) is 0 Å². The van der Waals surface area contributed by atoms with Gasteiger partial charge in [0.15, 0.2) is 0 Å². The number of amides is 1. The Balaban J connectivity index is 2.18. The second kappa shape index (κ2) is 6.98. The van der Waals surface area contributed by atoms with E-state index in [0.717, 1.165) is 13.0 Å². The van der Waals surface area contributed by atoms with Crippen molar-refractivity contribution in [1.29, 1.82) is 0 Å². The highest BCUT2D eigenvalue weighted by Gasteiger charge is 2.27. The smallest absolute Gasteiger partial charge is 0.255 e. The summed E-state index contributed by atoms with van der Waals surface area (Å²) in [6, 6.07) is 3.02. The van der Waals surface area contributed by atoms with Crippen LogP contribution in [0.25, 0.3) is 0 Å². The van der Waals surface area contributed by atoms with Crippen LogP contribution in [0.2, 0.25) is 5.02 Å². The quantitative estimate of drug-likeness (QED) is 0.723. The van der Waals surface area contributed by atoms with E-state index in [4.69, 9.17) is 26.8 Å². The van der Waals surface area contributed by atoms with Crippen LogP contribution in [-0.4, -0.2) is 45.4 Å². The van der Waals surface area contributed by atoms with Gasteiger partial charge in [0, 0.05) is 19.7 Å². The van der Waals surface area contributed by atoms with Crippen LogP contribution < -0.4 is 21.1 Å². The normalized spacial score (nSPS) is 21.9. The second-order valence-corrected chi connectivity index (χ2v) is 5.33. The highest BCUT2D eigenvalue weighted by Crippen LogP contribution is 2.29. The van der Waals surface area contributed by atoms with Gasteiger partial charge in [0.1, 0.15) is 5.75 Å². The number of halogens is 1. The Hall–Kier alpha value is -1.50. The molecule has 1 aromatic carbocycles. The third-order valence-electron chi connectivity index (χ3n) is 3.61. The molecule has 0 bridgehead atoms. The Morgan fingerprint density at radius 1 is 1.48 bits per heavy atom. The van der Waals surface area contributed by atoms with Gasteiger partial charge in [0.25, 0.3) is 5.91 Å². The molecule has 1 aliphatic heterocycles. The SMILES string of the molecule is COc1cc(Cl)c(N)cc1C(=O)N[C@@H]1CCNC[C@@H]1OC. The lowest BCUT2D eigenvalue weighted by atomic mass is 10.0. The van der Waals surface area contributed by atoms with Gasteiger partial charge >= 0.3 is 0 Å². The number of nitrogens with two attached hydrogens (primary N) is 1. The minimum Gasteiger partial charge on any atom is -0.496 e. The zero-order valence-corrected chi connectivity index (χ0v) is 12.9. The van der Waals surface area contributed by atoms with Crippen molar-refractivity contribution in [1.82, 2.24) is 10.6 Å². The molecule has 1 aliphatic rings. The predicted molar refractivity (Wildman–Crippen MR) is 82.0 cm³/mol. The lowest BCUT2D eigenvalue weighted by Gasteiger charge is -2.31. The Morgan fingerprint density at radius 2 is 2.24 bits per heavy atom. The van der Waals surface area contributed by atoms with E-state index in [0.29, 0.717) is 28.6 Å². The number of ether oxygens (including phenoxy) is 2. The van der Waals surface area contributed by atoms with Crippen LogP contribution in [0.5, 0.6) is 5.75 Å². The van der Waals surface area contributed by atoms with E-state index < -0.39 is 0 Å². The average Bonchev–Trinajstić information content (AvgIpc) is 2.50. The number of nitrogens with one attached hydrogen (secondary N) is 2. The van der Waals surface area contributed by atoms with Gasteiger partial charge in [-0.3, -0.25) is 4.79 Å². The Bertz CT molecular complexity index is 524. The zero-order chi connectivity index (χ0) is 15.4. The fraction of sp³-hybridized carbons (Fsp3) is 0.500. The van der Waals surface area contributed by atoms with E-state index in [1.807, 2.05) is 0 Å². The molecule has 1 saturated heterocycles. The lowest BCUT2D eigenvalue weighted by molar-refractivity contribution is 0.0476. The molecule has 0 saturated carbocycles. The Morgan fingerprint density at radius 3 is 2.90 bits per heavy atom. The molecule has 2 atom stereocenters. The fourth-order valence-electron chi connectivity index (χ4n) is 2.41. The molecule has 0 aliphatic carbocycles. The van der Waals surface area contributed by atoms with Crippen molar-refractivity contribution in [3.8, 4) is 5.75 Å². The molecule has 0 spiro atoms. The maximum atomic E-state index is 12.5. The zero-order valence-electron chi connectivity index (χ0n) is 12.1. The topological polar surface area (TPSA) is 85.6 Å². The molecule has 2 rings (SSSR count). The first-order chi connectivity index (χ1) is 10.1. The number of anilines is 1. The van der Waals surface area contributed by atoms with Crippen LogP contribution in [0, 0.1) is 0 Å². The molecule has 21 heavy (non-hydrogen) atoms. The van der Waals surface area contributed by atoms with Crippen LogP contribution in [0.15, 0.2) is 12.1 Å². The summed E-state index contributed by atoms with van der Waals surface area (Å²) in [4.78, 5) is 12.5. The molecule has 1 heterocycles. The van der Waals surface area contributed by atoms with E-state index in [-0.39, 0.29) is 18.1 Å². The van der Waals surface area contributed by atoms with Crippen LogP contribution in [0.1, 0.15) is 16.8 Å². The molecule has 7 heteroatoms. The van der Waals surface area contributed by atoms with E-state index in [9.17, 15) is 4.79 Å². The van der Waals surface area contributed by atoms with E-state index in [2.05, 4.69) is 10.6 Å². The molecule has 0 radical (unpaired) electrons. The number of rotatable bonds is 4. The first-order valence-electron chi connectivity index (χ1n) is 6.74. The summed E-state index contributed by atoms with van der Waals surface area (Å²) in [5.74, 6) is 0.152. The molecular weight excluding hydrogens is 294 g/mol. The Labute approximate surface area is 128 Å². The number of carbonyl (C=O) groups is 1. The fourth-order valence-corrected chi connectivity index (χ4v) is 2.56. The number of hydrogen-bond acceptors (Lipinski definition) is 5. The maximum absolute atomic E-state index is 12.5. The summed E-state index contributed by atoms with van der Waals surface area (Å²) in [6.07, 6.45) is 0.744. The molecule has 0 unspecified atom stereocenters. The third kappa shape index (κ3) is 3.58. The van der Waals surface area contributed by atoms with Crippen LogP contribution in [0.3, 0.4) is 0 Å². The van der Waals surface area contributed by atoms with Crippen LogP contribution in [-0.2, 0) is 4.74 Å². The van der Waals surface area contributed by atoms with Crippen molar-refractivity contribution < 1.29 is 14.3 Å². The first kappa shape index (κ1) is 15.9. The largest absolute Gasteiger partial charge is 0.496 e. The van der Waals surface area contributed by atoms with Gasteiger partial charge in [-0.2, -0.15) is 0 Å². The van der Waals surface area contributed by atoms with E-state index in [1.165, 1.54) is 13.2 Å². The van der Waals surface area contributed by atoms with Gasteiger partial charge in [-0.25, -0.2) is 0 Å². The molecule has 0 aromatic heterocycles. The van der Waals surface area contributed by atoms with E-state index >= 15 is 0 Å². The molecule has 1 amide bonds. The maximum Gasteiger partial charge on any atom is 0.255 e. The van der Waals surface area contributed by atoms with Crippen LogP contribution in [0.4, 0.5) is 5.69 Å².